The zero-order valence-corrected chi connectivity index (χ0v) is 12.8. The van der Waals surface area contributed by atoms with E-state index in [9.17, 15) is 0 Å². The van der Waals surface area contributed by atoms with Gasteiger partial charge in [0.1, 0.15) is 5.76 Å². The molecule has 0 aromatic carbocycles. The fourth-order valence-corrected chi connectivity index (χ4v) is 2.81. The van der Waals surface area contributed by atoms with Gasteiger partial charge in [-0.2, -0.15) is 0 Å². The monoisotopic (exact) mass is 369 g/mol. The number of hydrogen-bond donors (Lipinski definition) is 1. The van der Waals surface area contributed by atoms with Gasteiger partial charge in [-0.15, -0.1) is 0 Å². The molecule has 19 heavy (non-hydrogen) atoms. The minimum absolute atomic E-state index is 0.690. The number of nitrogens with zero attached hydrogens (tertiary/aromatic N) is 2. The number of rotatable bonds is 4. The van der Waals surface area contributed by atoms with Gasteiger partial charge in [0, 0.05) is 19.3 Å². The first-order valence-corrected chi connectivity index (χ1v) is 7.59. The smallest absolute Gasteiger partial charge is 0.164 e. The number of halogens is 1. The van der Waals surface area contributed by atoms with Crippen LogP contribution in [0.25, 0.3) is 0 Å². The Morgan fingerprint density at radius 3 is 2.84 bits per heavy atom. The van der Waals surface area contributed by atoms with E-state index in [-0.39, 0.29) is 0 Å². The molecule has 3 heterocycles. The lowest BCUT2D eigenvalue weighted by Crippen LogP contribution is -2.20. The van der Waals surface area contributed by atoms with Crippen LogP contribution in [0.5, 0.6) is 0 Å². The zero-order chi connectivity index (χ0) is 13.1. The highest BCUT2D eigenvalue weighted by molar-refractivity contribution is 14.1. The summed E-state index contributed by atoms with van der Waals surface area (Å²) >= 11 is 2.18. The molecule has 1 saturated heterocycles. The van der Waals surface area contributed by atoms with Crippen LogP contribution < -0.4 is 10.2 Å². The highest BCUT2D eigenvalue weighted by Gasteiger charge is 2.16. The fraction of sp³-hybridized carbons (Fsp3) is 0.357. The summed E-state index contributed by atoms with van der Waals surface area (Å²) in [6, 6.07) is 8.02. The van der Waals surface area contributed by atoms with E-state index in [4.69, 9.17) is 4.42 Å². The molecule has 0 aliphatic carbocycles. The quantitative estimate of drug-likeness (QED) is 0.838. The van der Waals surface area contributed by atoms with Gasteiger partial charge in [0.25, 0.3) is 0 Å². The number of aromatic nitrogens is 1. The molecule has 0 saturated carbocycles. The van der Waals surface area contributed by atoms with Crippen molar-refractivity contribution in [1.29, 1.82) is 0 Å². The normalized spacial score (nSPS) is 14.9. The summed E-state index contributed by atoms with van der Waals surface area (Å²) in [6.07, 6.45) is 4.37. The van der Waals surface area contributed by atoms with Crippen molar-refractivity contribution in [3.05, 3.63) is 40.0 Å². The Labute approximate surface area is 126 Å². The van der Waals surface area contributed by atoms with Crippen LogP contribution in [0, 0.1) is 3.77 Å². The molecule has 1 aliphatic heterocycles. The van der Waals surface area contributed by atoms with Gasteiger partial charge in [0.2, 0.25) is 0 Å². The van der Waals surface area contributed by atoms with Crippen molar-refractivity contribution in [2.75, 3.05) is 23.3 Å². The second kappa shape index (κ2) is 5.81. The Kier molecular flexibility index (Phi) is 3.91. The Morgan fingerprint density at radius 2 is 2.11 bits per heavy atom. The molecule has 100 valence electrons. The molecule has 2 aromatic rings. The average molecular weight is 369 g/mol. The molecular weight excluding hydrogens is 353 g/mol. The average Bonchev–Trinajstić information content (AvgIpc) is 3.08. The van der Waals surface area contributed by atoms with Gasteiger partial charge in [-0.3, -0.25) is 0 Å². The van der Waals surface area contributed by atoms with E-state index >= 15 is 0 Å². The van der Waals surface area contributed by atoms with Crippen molar-refractivity contribution >= 4 is 34.1 Å². The number of anilines is 2. The lowest BCUT2D eigenvalue weighted by Gasteiger charge is -2.20. The van der Waals surface area contributed by atoms with Crippen molar-refractivity contribution in [1.82, 2.24) is 4.98 Å². The van der Waals surface area contributed by atoms with E-state index in [1.54, 1.807) is 0 Å². The van der Waals surface area contributed by atoms with Gasteiger partial charge in [0.15, 0.2) is 9.58 Å². The van der Waals surface area contributed by atoms with Crippen LogP contribution in [-0.2, 0) is 6.54 Å². The first kappa shape index (κ1) is 12.8. The first-order valence-electron chi connectivity index (χ1n) is 6.51. The topological polar surface area (TPSA) is 41.3 Å². The van der Waals surface area contributed by atoms with E-state index in [2.05, 4.69) is 43.9 Å². The molecule has 3 rings (SSSR count). The summed E-state index contributed by atoms with van der Waals surface area (Å²) < 4.78 is 6.48. The summed E-state index contributed by atoms with van der Waals surface area (Å²) in [6.45, 7) is 2.89. The summed E-state index contributed by atoms with van der Waals surface area (Å²) in [5.41, 5.74) is 1.08. The van der Waals surface area contributed by atoms with Gasteiger partial charge < -0.3 is 14.6 Å². The van der Waals surface area contributed by atoms with E-state index in [1.807, 2.05) is 24.4 Å². The van der Waals surface area contributed by atoms with Crippen molar-refractivity contribution in [2.24, 2.45) is 0 Å². The Bertz CT molecular complexity index is 549. The third-order valence-electron chi connectivity index (χ3n) is 3.27. The van der Waals surface area contributed by atoms with E-state index < -0.39 is 0 Å². The van der Waals surface area contributed by atoms with Crippen molar-refractivity contribution in [3.8, 4) is 0 Å². The standard InChI is InChI=1S/C14H16IN3O/c15-13-6-5-11(19-13)10-17-12-4-3-7-16-14(12)18-8-1-2-9-18/h3-7,17H,1-2,8-10H2. The Morgan fingerprint density at radius 1 is 1.26 bits per heavy atom. The maximum Gasteiger partial charge on any atom is 0.164 e. The SMILES string of the molecule is Ic1ccc(CNc2cccnc2N2CCCC2)o1. The predicted molar refractivity (Wildman–Crippen MR) is 84.4 cm³/mol. The van der Waals surface area contributed by atoms with Crippen LogP contribution >= 0.6 is 22.6 Å². The maximum atomic E-state index is 5.56. The number of hydrogen-bond acceptors (Lipinski definition) is 4. The molecule has 0 bridgehead atoms. The molecule has 5 heteroatoms. The van der Waals surface area contributed by atoms with Crippen molar-refractivity contribution in [3.63, 3.8) is 0 Å². The van der Waals surface area contributed by atoms with Gasteiger partial charge >= 0.3 is 0 Å². The largest absolute Gasteiger partial charge is 0.454 e. The summed E-state index contributed by atoms with van der Waals surface area (Å²) in [5, 5.41) is 3.42. The summed E-state index contributed by atoms with van der Waals surface area (Å²) in [5.74, 6) is 2.00. The minimum atomic E-state index is 0.690. The Hall–Kier alpha value is -1.24. The molecule has 0 atom stereocenters. The van der Waals surface area contributed by atoms with Crippen LogP contribution in [0.15, 0.2) is 34.9 Å². The second-order valence-electron chi connectivity index (χ2n) is 4.63. The van der Waals surface area contributed by atoms with Crippen LogP contribution in [0.1, 0.15) is 18.6 Å². The number of pyridine rings is 1. The van der Waals surface area contributed by atoms with Crippen LogP contribution in [0.3, 0.4) is 0 Å². The van der Waals surface area contributed by atoms with E-state index in [0.717, 1.165) is 34.1 Å². The highest BCUT2D eigenvalue weighted by atomic mass is 127. The van der Waals surface area contributed by atoms with Crippen molar-refractivity contribution < 1.29 is 4.42 Å². The van der Waals surface area contributed by atoms with Crippen LogP contribution in [-0.4, -0.2) is 18.1 Å². The molecular formula is C14H16IN3O. The summed E-state index contributed by atoms with van der Waals surface area (Å²) in [7, 11) is 0. The molecule has 4 nitrogen and oxygen atoms in total. The highest BCUT2D eigenvalue weighted by Crippen LogP contribution is 2.26. The summed E-state index contributed by atoms with van der Waals surface area (Å²) in [4.78, 5) is 6.85. The molecule has 1 aliphatic rings. The minimum Gasteiger partial charge on any atom is -0.454 e. The zero-order valence-electron chi connectivity index (χ0n) is 10.6. The molecule has 0 spiro atoms. The van der Waals surface area contributed by atoms with Crippen LogP contribution in [0.2, 0.25) is 0 Å². The third kappa shape index (κ3) is 3.02. The predicted octanol–water partition coefficient (Wildman–Crippen LogP) is 3.49. The van der Waals surface area contributed by atoms with E-state index in [0.29, 0.717) is 6.54 Å². The maximum absolute atomic E-state index is 5.56. The van der Waals surface area contributed by atoms with Gasteiger partial charge in [-0.05, 0) is 59.7 Å². The van der Waals surface area contributed by atoms with Crippen LogP contribution in [0.4, 0.5) is 11.5 Å². The third-order valence-corrected chi connectivity index (χ3v) is 3.85. The Balaban J connectivity index is 1.73. The molecule has 2 aromatic heterocycles. The number of nitrogens with one attached hydrogen (secondary N) is 1. The lowest BCUT2D eigenvalue weighted by molar-refractivity contribution is 0.493. The fourth-order valence-electron chi connectivity index (χ4n) is 2.34. The van der Waals surface area contributed by atoms with Gasteiger partial charge in [0.05, 0.1) is 12.2 Å². The van der Waals surface area contributed by atoms with E-state index in [1.165, 1.54) is 12.8 Å². The lowest BCUT2D eigenvalue weighted by atomic mass is 10.3. The van der Waals surface area contributed by atoms with Gasteiger partial charge in [-0.1, -0.05) is 0 Å². The molecule has 0 radical (unpaired) electrons. The van der Waals surface area contributed by atoms with Gasteiger partial charge in [-0.25, -0.2) is 4.98 Å². The first-order chi connectivity index (χ1) is 9.33. The van der Waals surface area contributed by atoms with Crippen molar-refractivity contribution in [2.45, 2.75) is 19.4 Å². The molecule has 1 N–H and O–H groups in total. The molecule has 0 unspecified atom stereocenters. The number of furan rings is 1. The second-order valence-corrected chi connectivity index (χ2v) is 5.69. The molecule has 0 amide bonds. The molecule has 1 fully saturated rings.